The van der Waals surface area contributed by atoms with Crippen molar-refractivity contribution in [1.82, 2.24) is 29.5 Å². The Hall–Kier alpha value is -2.58. The van der Waals surface area contributed by atoms with Crippen molar-refractivity contribution in [2.24, 2.45) is 7.05 Å². The summed E-state index contributed by atoms with van der Waals surface area (Å²) in [6.45, 7) is 2.67. The fraction of sp³-hybridized carbons (Fsp3) is 0.333. The van der Waals surface area contributed by atoms with Crippen LogP contribution in [0.1, 0.15) is 28.3 Å². The van der Waals surface area contributed by atoms with Gasteiger partial charge in [-0.05, 0) is 52.2 Å². The molecule has 1 aliphatic rings. The first-order valence-corrected chi connectivity index (χ1v) is 10.3. The Bertz CT molecular complexity index is 1090. The van der Waals surface area contributed by atoms with E-state index in [1.807, 2.05) is 18.3 Å². The molecule has 3 aromatic heterocycles. The number of carbonyl (C=O) groups is 1. The minimum Gasteiger partial charge on any atom is -0.343 e. The molecule has 0 fully saturated rings. The van der Waals surface area contributed by atoms with Crippen LogP contribution in [0, 0.1) is 0 Å². The lowest BCUT2D eigenvalue weighted by molar-refractivity contribution is 0.0821. The zero-order chi connectivity index (χ0) is 20.5. The van der Waals surface area contributed by atoms with E-state index >= 15 is 0 Å². The van der Waals surface area contributed by atoms with Gasteiger partial charge in [-0.1, -0.05) is 6.08 Å². The first-order valence-electron chi connectivity index (χ1n) is 9.50. The van der Waals surface area contributed by atoms with Gasteiger partial charge in [-0.2, -0.15) is 5.10 Å². The van der Waals surface area contributed by atoms with Gasteiger partial charge in [0.05, 0.1) is 5.69 Å². The van der Waals surface area contributed by atoms with Gasteiger partial charge < -0.3 is 9.47 Å². The summed E-state index contributed by atoms with van der Waals surface area (Å²) in [7, 11) is 5.48. The lowest BCUT2D eigenvalue weighted by atomic mass is 10.0. The molecule has 0 radical (unpaired) electrons. The van der Waals surface area contributed by atoms with Crippen molar-refractivity contribution < 1.29 is 4.79 Å². The van der Waals surface area contributed by atoms with E-state index in [1.165, 1.54) is 16.2 Å². The molecule has 1 aliphatic heterocycles. The second-order valence-electron chi connectivity index (χ2n) is 7.44. The van der Waals surface area contributed by atoms with Gasteiger partial charge in [0, 0.05) is 62.5 Å². The molecule has 0 saturated heterocycles. The van der Waals surface area contributed by atoms with Crippen LogP contribution in [-0.2, 0) is 13.6 Å². The van der Waals surface area contributed by atoms with E-state index in [0.717, 1.165) is 47.3 Å². The number of aromatic nitrogens is 4. The molecular formula is C21H23BrN6O. The second-order valence-corrected chi connectivity index (χ2v) is 8.30. The molecule has 8 heteroatoms. The van der Waals surface area contributed by atoms with Gasteiger partial charge in [0.2, 0.25) is 0 Å². The summed E-state index contributed by atoms with van der Waals surface area (Å²) in [6, 6.07) is 7.81. The van der Waals surface area contributed by atoms with Gasteiger partial charge in [0.15, 0.2) is 5.69 Å². The summed E-state index contributed by atoms with van der Waals surface area (Å²) in [5.41, 5.74) is 4.62. The summed E-state index contributed by atoms with van der Waals surface area (Å²) in [4.78, 5) is 20.4. The van der Waals surface area contributed by atoms with Gasteiger partial charge in [-0.3, -0.25) is 9.69 Å². The summed E-state index contributed by atoms with van der Waals surface area (Å²) in [5.74, 6) is -0.135. The highest BCUT2D eigenvalue weighted by molar-refractivity contribution is 9.10. The SMILES string of the molecule is CN(C)C(=O)c1ccc(C2=CCN(Cc3cc4c(Br)ccnc4n3C)CC2)nn1. The van der Waals surface area contributed by atoms with E-state index in [9.17, 15) is 4.79 Å². The molecule has 7 nitrogen and oxygen atoms in total. The molecule has 29 heavy (non-hydrogen) atoms. The van der Waals surface area contributed by atoms with Crippen molar-refractivity contribution in [3.63, 3.8) is 0 Å². The van der Waals surface area contributed by atoms with Crippen LogP contribution in [0.4, 0.5) is 0 Å². The number of rotatable bonds is 4. The third-order valence-corrected chi connectivity index (χ3v) is 5.96. The molecule has 0 saturated carbocycles. The van der Waals surface area contributed by atoms with Crippen molar-refractivity contribution >= 4 is 38.4 Å². The molecule has 4 rings (SSSR count). The Balaban J connectivity index is 1.46. The highest BCUT2D eigenvalue weighted by atomic mass is 79.9. The summed E-state index contributed by atoms with van der Waals surface area (Å²) < 4.78 is 3.23. The molecule has 0 aliphatic carbocycles. The average molecular weight is 455 g/mol. The lowest BCUT2D eigenvalue weighted by Crippen LogP contribution is -2.29. The maximum Gasteiger partial charge on any atom is 0.273 e. The smallest absolute Gasteiger partial charge is 0.273 e. The third-order valence-electron chi connectivity index (χ3n) is 5.27. The van der Waals surface area contributed by atoms with Crippen molar-refractivity contribution in [1.29, 1.82) is 0 Å². The average Bonchev–Trinajstić information content (AvgIpc) is 3.05. The molecule has 4 heterocycles. The predicted molar refractivity (Wildman–Crippen MR) is 116 cm³/mol. The summed E-state index contributed by atoms with van der Waals surface area (Å²) >= 11 is 3.61. The van der Waals surface area contributed by atoms with Gasteiger partial charge in [0.1, 0.15) is 5.65 Å². The second kappa shape index (κ2) is 8.04. The Morgan fingerprint density at radius 1 is 1.24 bits per heavy atom. The number of fused-ring (bicyclic) bond motifs is 1. The van der Waals surface area contributed by atoms with Crippen LogP contribution in [0.3, 0.4) is 0 Å². The van der Waals surface area contributed by atoms with Crippen LogP contribution in [0.2, 0.25) is 0 Å². The van der Waals surface area contributed by atoms with Crippen LogP contribution in [-0.4, -0.2) is 62.6 Å². The van der Waals surface area contributed by atoms with Gasteiger partial charge in [-0.15, -0.1) is 5.10 Å². The predicted octanol–water partition coefficient (Wildman–Crippen LogP) is 3.12. The molecule has 0 N–H and O–H groups in total. The van der Waals surface area contributed by atoms with Crippen LogP contribution in [0.15, 0.2) is 41.0 Å². The highest BCUT2D eigenvalue weighted by Gasteiger charge is 2.18. The number of hydrogen-bond donors (Lipinski definition) is 0. The Morgan fingerprint density at radius 2 is 2.07 bits per heavy atom. The topological polar surface area (TPSA) is 67.2 Å². The maximum absolute atomic E-state index is 12.0. The van der Waals surface area contributed by atoms with Gasteiger partial charge >= 0.3 is 0 Å². The Labute approximate surface area is 178 Å². The van der Waals surface area contributed by atoms with Crippen molar-refractivity contribution in [2.75, 3.05) is 27.2 Å². The van der Waals surface area contributed by atoms with E-state index < -0.39 is 0 Å². The molecule has 0 bridgehead atoms. The minimum atomic E-state index is -0.135. The third kappa shape index (κ3) is 3.95. The van der Waals surface area contributed by atoms with E-state index in [0.29, 0.717) is 5.69 Å². The molecule has 1 amide bonds. The first kappa shape index (κ1) is 19.7. The number of hydrogen-bond acceptors (Lipinski definition) is 5. The van der Waals surface area contributed by atoms with Crippen LogP contribution >= 0.6 is 15.9 Å². The molecule has 0 spiro atoms. The van der Waals surface area contributed by atoms with Crippen LogP contribution in [0.5, 0.6) is 0 Å². The number of halogens is 1. The van der Waals surface area contributed by atoms with Crippen molar-refractivity contribution in [3.05, 3.63) is 58.1 Å². The standard InChI is InChI=1S/C21H23BrN6O/c1-26(2)21(29)19-5-4-18(24-25-19)14-7-10-28(11-8-14)13-15-12-16-17(22)6-9-23-20(16)27(15)3/h4-7,9,12H,8,10-11,13H2,1-3H3. The number of nitrogens with zero attached hydrogens (tertiary/aromatic N) is 6. The molecule has 150 valence electrons. The fourth-order valence-electron chi connectivity index (χ4n) is 3.55. The number of amides is 1. The quantitative estimate of drug-likeness (QED) is 0.605. The number of pyridine rings is 1. The normalized spacial score (nSPS) is 14.8. The van der Waals surface area contributed by atoms with E-state index in [1.54, 1.807) is 20.2 Å². The minimum absolute atomic E-state index is 0.135. The van der Waals surface area contributed by atoms with Gasteiger partial charge in [-0.25, -0.2) is 4.98 Å². The van der Waals surface area contributed by atoms with Gasteiger partial charge in [0.25, 0.3) is 5.91 Å². The van der Waals surface area contributed by atoms with Crippen LogP contribution < -0.4 is 0 Å². The zero-order valence-corrected chi connectivity index (χ0v) is 18.3. The molecule has 3 aromatic rings. The zero-order valence-electron chi connectivity index (χ0n) is 16.8. The van der Waals surface area contributed by atoms with E-state index in [-0.39, 0.29) is 5.91 Å². The fourth-order valence-corrected chi connectivity index (χ4v) is 3.96. The number of carbonyl (C=O) groups excluding carboxylic acids is 1. The Morgan fingerprint density at radius 3 is 2.69 bits per heavy atom. The van der Waals surface area contributed by atoms with Crippen molar-refractivity contribution in [2.45, 2.75) is 13.0 Å². The molecular weight excluding hydrogens is 432 g/mol. The molecule has 0 aromatic carbocycles. The molecule has 0 atom stereocenters. The highest BCUT2D eigenvalue weighted by Crippen LogP contribution is 2.27. The van der Waals surface area contributed by atoms with Crippen LogP contribution in [0.25, 0.3) is 16.6 Å². The first-order chi connectivity index (χ1) is 13.9. The van der Waals surface area contributed by atoms with E-state index in [4.69, 9.17) is 0 Å². The Kier molecular flexibility index (Phi) is 5.47. The summed E-state index contributed by atoms with van der Waals surface area (Å²) in [6.07, 6.45) is 4.93. The largest absolute Gasteiger partial charge is 0.343 e. The monoisotopic (exact) mass is 454 g/mol. The van der Waals surface area contributed by atoms with Crippen molar-refractivity contribution in [3.8, 4) is 0 Å². The lowest BCUT2D eigenvalue weighted by Gasteiger charge is -2.26. The maximum atomic E-state index is 12.0. The van der Waals surface area contributed by atoms with E-state index in [2.05, 4.69) is 59.8 Å². The summed E-state index contributed by atoms with van der Waals surface area (Å²) in [5, 5.41) is 9.50. The number of aryl methyl sites for hydroxylation is 1. The molecule has 0 unspecified atom stereocenters.